The zero-order chi connectivity index (χ0) is 13.0. The van der Waals surface area contributed by atoms with Crippen molar-refractivity contribution in [3.8, 4) is 0 Å². The molecule has 0 atom stereocenters. The van der Waals surface area contributed by atoms with Crippen molar-refractivity contribution in [2.24, 2.45) is 0 Å². The molecule has 18 heavy (non-hydrogen) atoms. The first-order chi connectivity index (χ1) is 8.66. The van der Waals surface area contributed by atoms with Crippen molar-refractivity contribution in [1.29, 1.82) is 0 Å². The third-order valence-corrected chi connectivity index (χ3v) is 4.22. The van der Waals surface area contributed by atoms with Crippen LogP contribution in [0.2, 0.25) is 0 Å². The van der Waals surface area contributed by atoms with Crippen LogP contribution in [0.1, 0.15) is 10.4 Å². The minimum atomic E-state index is -0.320. The standard InChI is InChI=1S/C13H10BrNO2S/c14-12-6-7-18-13(12)9-11(15(16)17)8-10-4-2-1-3-5-10/h1-7,9H,8H2/b11-9+. The first-order valence-electron chi connectivity index (χ1n) is 5.28. The Morgan fingerprint density at radius 2 is 2.06 bits per heavy atom. The molecule has 0 saturated heterocycles. The molecule has 0 unspecified atom stereocenters. The lowest BCUT2D eigenvalue weighted by Crippen LogP contribution is -2.02. The van der Waals surface area contributed by atoms with E-state index in [0.717, 1.165) is 14.9 Å². The van der Waals surface area contributed by atoms with Gasteiger partial charge < -0.3 is 0 Å². The maximum Gasteiger partial charge on any atom is 0.252 e. The van der Waals surface area contributed by atoms with Crippen LogP contribution in [0.25, 0.3) is 6.08 Å². The second-order valence-electron chi connectivity index (χ2n) is 3.69. The third-order valence-electron chi connectivity index (χ3n) is 2.41. The Morgan fingerprint density at radius 1 is 1.33 bits per heavy atom. The van der Waals surface area contributed by atoms with Crippen molar-refractivity contribution < 1.29 is 4.92 Å². The summed E-state index contributed by atoms with van der Waals surface area (Å²) in [6.07, 6.45) is 1.96. The number of nitrogens with zero attached hydrogens (tertiary/aromatic N) is 1. The van der Waals surface area contributed by atoms with Crippen LogP contribution in [0.15, 0.2) is 51.9 Å². The minimum Gasteiger partial charge on any atom is -0.259 e. The minimum absolute atomic E-state index is 0.198. The molecule has 0 saturated carbocycles. The summed E-state index contributed by atoms with van der Waals surface area (Å²) in [7, 11) is 0. The molecule has 1 aromatic heterocycles. The van der Waals surface area contributed by atoms with Crippen molar-refractivity contribution >= 4 is 33.3 Å². The van der Waals surface area contributed by atoms with Crippen LogP contribution < -0.4 is 0 Å². The van der Waals surface area contributed by atoms with Crippen LogP contribution in [0.3, 0.4) is 0 Å². The van der Waals surface area contributed by atoms with Crippen molar-refractivity contribution in [1.82, 2.24) is 0 Å². The lowest BCUT2D eigenvalue weighted by Gasteiger charge is -1.99. The smallest absolute Gasteiger partial charge is 0.252 e. The summed E-state index contributed by atoms with van der Waals surface area (Å²) in [6, 6.07) is 11.3. The molecular weight excluding hydrogens is 314 g/mol. The van der Waals surface area contributed by atoms with E-state index >= 15 is 0 Å². The maximum atomic E-state index is 11.1. The first kappa shape index (κ1) is 13.0. The van der Waals surface area contributed by atoms with Crippen LogP contribution in [-0.4, -0.2) is 4.92 Å². The zero-order valence-corrected chi connectivity index (χ0v) is 11.8. The molecule has 1 heterocycles. The van der Waals surface area contributed by atoms with Gasteiger partial charge in [-0.25, -0.2) is 0 Å². The highest BCUT2D eigenvalue weighted by molar-refractivity contribution is 9.10. The van der Waals surface area contributed by atoms with Gasteiger partial charge in [-0.1, -0.05) is 30.3 Å². The molecule has 0 aliphatic carbocycles. The van der Waals surface area contributed by atoms with Gasteiger partial charge in [0.15, 0.2) is 0 Å². The fourth-order valence-corrected chi connectivity index (χ4v) is 2.97. The molecular formula is C13H10BrNO2S. The summed E-state index contributed by atoms with van der Waals surface area (Å²) in [5.41, 5.74) is 1.14. The van der Waals surface area contributed by atoms with E-state index in [1.54, 1.807) is 6.08 Å². The molecule has 0 N–H and O–H groups in total. The Kier molecular flexibility index (Phi) is 4.28. The second kappa shape index (κ2) is 5.93. The van der Waals surface area contributed by atoms with E-state index in [1.165, 1.54) is 11.3 Å². The van der Waals surface area contributed by atoms with Crippen LogP contribution in [0, 0.1) is 10.1 Å². The number of hydrogen-bond acceptors (Lipinski definition) is 3. The van der Waals surface area contributed by atoms with Crippen molar-refractivity contribution in [3.05, 3.63) is 72.5 Å². The zero-order valence-electron chi connectivity index (χ0n) is 9.38. The molecule has 0 fully saturated rings. The number of thiophene rings is 1. The number of allylic oxidation sites excluding steroid dienone is 1. The normalized spacial score (nSPS) is 11.5. The van der Waals surface area contributed by atoms with Crippen LogP contribution >= 0.6 is 27.3 Å². The molecule has 92 valence electrons. The fourth-order valence-electron chi connectivity index (χ4n) is 1.53. The van der Waals surface area contributed by atoms with Gasteiger partial charge in [0, 0.05) is 15.4 Å². The molecule has 2 aromatic rings. The number of halogens is 1. The fraction of sp³-hybridized carbons (Fsp3) is 0.0769. The molecule has 0 amide bonds. The summed E-state index contributed by atoms with van der Waals surface area (Å²) < 4.78 is 0.889. The van der Waals surface area contributed by atoms with Gasteiger partial charge in [0.25, 0.3) is 5.70 Å². The highest BCUT2D eigenvalue weighted by Gasteiger charge is 2.13. The molecule has 0 aliphatic rings. The van der Waals surface area contributed by atoms with Crippen LogP contribution in [0.5, 0.6) is 0 Å². The van der Waals surface area contributed by atoms with Crippen LogP contribution in [0.4, 0.5) is 0 Å². The number of benzene rings is 1. The molecule has 0 radical (unpaired) electrons. The second-order valence-corrected chi connectivity index (χ2v) is 5.49. The van der Waals surface area contributed by atoms with E-state index < -0.39 is 0 Å². The van der Waals surface area contributed by atoms with Gasteiger partial charge in [0.1, 0.15) is 0 Å². The van der Waals surface area contributed by atoms with Gasteiger partial charge in [0.2, 0.25) is 0 Å². The topological polar surface area (TPSA) is 43.1 Å². The molecule has 5 heteroatoms. The number of hydrogen-bond donors (Lipinski definition) is 0. The first-order valence-corrected chi connectivity index (χ1v) is 6.96. The molecule has 1 aromatic carbocycles. The Labute approximate surface area is 117 Å². The van der Waals surface area contributed by atoms with E-state index in [9.17, 15) is 10.1 Å². The van der Waals surface area contributed by atoms with E-state index in [2.05, 4.69) is 15.9 Å². The SMILES string of the molecule is O=[N+]([O-])/C(=C/c1sccc1Br)Cc1ccccc1. The van der Waals surface area contributed by atoms with E-state index in [-0.39, 0.29) is 10.6 Å². The predicted molar refractivity (Wildman–Crippen MR) is 77.1 cm³/mol. The quantitative estimate of drug-likeness (QED) is 0.619. The lowest BCUT2D eigenvalue weighted by atomic mass is 10.1. The summed E-state index contributed by atoms with van der Waals surface area (Å²) in [6.45, 7) is 0. The molecule has 0 spiro atoms. The average Bonchev–Trinajstić information content (AvgIpc) is 2.75. The summed E-state index contributed by atoms with van der Waals surface area (Å²) in [5, 5.41) is 13.0. The molecule has 0 bridgehead atoms. The average molecular weight is 324 g/mol. The summed E-state index contributed by atoms with van der Waals surface area (Å²) in [5.74, 6) is 0. The molecule has 3 nitrogen and oxygen atoms in total. The highest BCUT2D eigenvalue weighted by Crippen LogP contribution is 2.26. The number of rotatable bonds is 4. The Hall–Kier alpha value is -1.46. The van der Waals surface area contributed by atoms with Gasteiger partial charge in [-0.2, -0.15) is 0 Å². The van der Waals surface area contributed by atoms with E-state index in [0.29, 0.717) is 6.42 Å². The molecule has 0 aliphatic heterocycles. The highest BCUT2D eigenvalue weighted by atomic mass is 79.9. The van der Waals surface area contributed by atoms with Crippen LogP contribution in [-0.2, 0) is 6.42 Å². The number of nitro groups is 1. The summed E-state index contributed by atoms with van der Waals surface area (Å²) in [4.78, 5) is 11.6. The van der Waals surface area contributed by atoms with E-state index in [1.807, 2.05) is 41.8 Å². The van der Waals surface area contributed by atoms with Crippen molar-refractivity contribution in [2.45, 2.75) is 6.42 Å². The Balaban J connectivity index is 2.27. The Bertz CT molecular complexity index is 578. The van der Waals surface area contributed by atoms with E-state index in [4.69, 9.17) is 0 Å². The largest absolute Gasteiger partial charge is 0.259 e. The monoisotopic (exact) mass is 323 g/mol. The van der Waals surface area contributed by atoms with Gasteiger partial charge in [-0.3, -0.25) is 10.1 Å². The van der Waals surface area contributed by atoms with Gasteiger partial charge >= 0.3 is 0 Å². The van der Waals surface area contributed by atoms with Gasteiger partial charge in [-0.15, -0.1) is 11.3 Å². The van der Waals surface area contributed by atoms with Gasteiger partial charge in [0.05, 0.1) is 11.3 Å². The van der Waals surface area contributed by atoms with Crippen molar-refractivity contribution in [3.63, 3.8) is 0 Å². The lowest BCUT2D eigenvalue weighted by molar-refractivity contribution is -0.425. The third kappa shape index (κ3) is 3.27. The summed E-state index contributed by atoms with van der Waals surface area (Å²) >= 11 is 4.85. The molecule has 2 rings (SSSR count). The van der Waals surface area contributed by atoms with Crippen molar-refractivity contribution in [2.75, 3.05) is 0 Å². The predicted octanol–water partition coefficient (Wildman–Crippen LogP) is 4.37. The van der Waals surface area contributed by atoms with Gasteiger partial charge in [-0.05, 0) is 32.9 Å². The Morgan fingerprint density at radius 3 is 2.61 bits per heavy atom. The maximum absolute atomic E-state index is 11.1.